The van der Waals surface area contributed by atoms with E-state index in [4.69, 9.17) is 5.11 Å². The molecule has 0 radical (unpaired) electrons. The molecule has 0 bridgehead atoms. The lowest BCUT2D eigenvalue weighted by molar-refractivity contribution is 0.299. The second-order valence-electron chi connectivity index (χ2n) is 5.09. The van der Waals surface area contributed by atoms with Crippen molar-refractivity contribution in [3.63, 3.8) is 0 Å². The third-order valence-electron chi connectivity index (χ3n) is 3.75. The van der Waals surface area contributed by atoms with Crippen molar-refractivity contribution in [3.8, 4) is 0 Å². The first-order chi connectivity index (χ1) is 9.36. The SMILES string of the molecule is OCCc1ccc2c(c1)CCN2Cc1ccccc1. The zero-order chi connectivity index (χ0) is 13.1. The highest BCUT2D eigenvalue weighted by molar-refractivity contribution is 5.59. The Kier molecular flexibility index (Phi) is 3.51. The van der Waals surface area contributed by atoms with Crippen LogP contribution in [0.1, 0.15) is 16.7 Å². The second kappa shape index (κ2) is 5.45. The van der Waals surface area contributed by atoms with E-state index in [1.54, 1.807) is 0 Å². The van der Waals surface area contributed by atoms with Crippen LogP contribution in [0.5, 0.6) is 0 Å². The third-order valence-corrected chi connectivity index (χ3v) is 3.75. The van der Waals surface area contributed by atoms with E-state index in [9.17, 15) is 0 Å². The molecule has 3 rings (SSSR count). The van der Waals surface area contributed by atoms with Crippen LogP contribution in [0.2, 0.25) is 0 Å². The van der Waals surface area contributed by atoms with Crippen molar-refractivity contribution in [2.24, 2.45) is 0 Å². The Bertz CT molecular complexity index is 550. The van der Waals surface area contributed by atoms with Crippen molar-refractivity contribution in [3.05, 3.63) is 65.2 Å². The Hall–Kier alpha value is -1.80. The number of aliphatic hydroxyl groups excluding tert-OH is 1. The molecule has 19 heavy (non-hydrogen) atoms. The molecule has 1 heterocycles. The van der Waals surface area contributed by atoms with Crippen molar-refractivity contribution in [1.82, 2.24) is 0 Å². The van der Waals surface area contributed by atoms with Gasteiger partial charge in [-0.25, -0.2) is 0 Å². The highest BCUT2D eigenvalue weighted by Crippen LogP contribution is 2.30. The number of benzene rings is 2. The molecule has 2 aromatic carbocycles. The summed E-state index contributed by atoms with van der Waals surface area (Å²) in [5.41, 5.74) is 5.37. The summed E-state index contributed by atoms with van der Waals surface area (Å²) >= 11 is 0. The van der Waals surface area contributed by atoms with Crippen LogP contribution in [-0.2, 0) is 19.4 Å². The molecule has 0 fully saturated rings. The van der Waals surface area contributed by atoms with Gasteiger partial charge in [0, 0.05) is 25.4 Å². The van der Waals surface area contributed by atoms with Gasteiger partial charge in [-0.2, -0.15) is 0 Å². The van der Waals surface area contributed by atoms with E-state index in [2.05, 4.69) is 53.4 Å². The molecule has 1 aliphatic rings. The van der Waals surface area contributed by atoms with E-state index in [-0.39, 0.29) is 6.61 Å². The lowest BCUT2D eigenvalue weighted by Gasteiger charge is -2.19. The van der Waals surface area contributed by atoms with Crippen LogP contribution in [0.4, 0.5) is 5.69 Å². The van der Waals surface area contributed by atoms with Gasteiger partial charge in [0.25, 0.3) is 0 Å². The molecule has 1 aliphatic heterocycles. The van der Waals surface area contributed by atoms with Crippen molar-refractivity contribution >= 4 is 5.69 Å². The molecule has 0 amide bonds. The van der Waals surface area contributed by atoms with Gasteiger partial charge in [0.15, 0.2) is 0 Å². The minimum absolute atomic E-state index is 0.229. The monoisotopic (exact) mass is 253 g/mol. The standard InChI is InChI=1S/C17H19NO/c19-11-9-14-6-7-17-16(12-14)8-10-18(17)13-15-4-2-1-3-5-15/h1-7,12,19H,8-11,13H2. The summed E-state index contributed by atoms with van der Waals surface area (Å²) in [6.07, 6.45) is 1.87. The topological polar surface area (TPSA) is 23.5 Å². The molecule has 1 N–H and O–H groups in total. The molecule has 0 aliphatic carbocycles. The van der Waals surface area contributed by atoms with Gasteiger partial charge in [-0.1, -0.05) is 42.5 Å². The van der Waals surface area contributed by atoms with Crippen molar-refractivity contribution in [2.45, 2.75) is 19.4 Å². The molecule has 98 valence electrons. The van der Waals surface area contributed by atoms with Gasteiger partial charge in [0.1, 0.15) is 0 Å². The average molecular weight is 253 g/mol. The first-order valence-corrected chi connectivity index (χ1v) is 6.88. The first-order valence-electron chi connectivity index (χ1n) is 6.88. The Morgan fingerprint density at radius 3 is 2.63 bits per heavy atom. The summed E-state index contributed by atoms with van der Waals surface area (Å²) in [7, 11) is 0. The van der Waals surface area contributed by atoms with Crippen LogP contribution in [0, 0.1) is 0 Å². The molecule has 2 nitrogen and oxygen atoms in total. The molecular weight excluding hydrogens is 234 g/mol. The fourth-order valence-corrected chi connectivity index (χ4v) is 2.78. The van der Waals surface area contributed by atoms with Gasteiger partial charge in [0.05, 0.1) is 0 Å². The quantitative estimate of drug-likeness (QED) is 0.905. The minimum atomic E-state index is 0.229. The summed E-state index contributed by atoms with van der Waals surface area (Å²) in [5.74, 6) is 0. The van der Waals surface area contributed by atoms with Crippen LogP contribution in [-0.4, -0.2) is 18.3 Å². The van der Waals surface area contributed by atoms with Crippen LogP contribution >= 0.6 is 0 Å². The Morgan fingerprint density at radius 1 is 1.00 bits per heavy atom. The predicted molar refractivity (Wildman–Crippen MR) is 78.4 cm³/mol. The molecule has 0 aromatic heterocycles. The largest absolute Gasteiger partial charge is 0.396 e. The zero-order valence-corrected chi connectivity index (χ0v) is 11.0. The van der Waals surface area contributed by atoms with E-state index in [1.807, 2.05) is 0 Å². The molecule has 0 atom stereocenters. The maximum atomic E-state index is 9.00. The predicted octanol–water partition coefficient (Wildman–Crippen LogP) is 2.78. The number of hydrogen-bond acceptors (Lipinski definition) is 2. The van der Waals surface area contributed by atoms with Gasteiger partial charge in [-0.05, 0) is 35.6 Å². The first kappa shape index (κ1) is 12.2. The van der Waals surface area contributed by atoms with E-state index in [0.717, 1.165) is 25.9 Å². The molecule has 2 heteroatoms. The Morgan fingerprint density at radius 2 is 1.84 bits per heavy atom. The summed E-state index contributed by atoms with van der Waals surface area (Å²) in [5, 5.41) is 9.00. The number of fused-ring (bicyclic) bond motifs is 1. The minimum Gasteiger partial charge on any atom is -0.396 e. The number of nitrogens with zero attached hydrogens (tertiary/aromatic N) is 1. The molecule has 2 aromatic rings. The lowest BCUT2D eigenvalue weighted by Crippen LogP contribution is -2.19. The fraction of sp³-hybridized carbons (Fsp3) is 0.294. The van der Waals surface area contributed by atoms with Gasteiger partial charge < -0.3 is 10.0 Å². The lowest BCUT2D eigenvalue weighted by atomic mass is 10.1. The van der Waals surface area contributed by atoms with Crippen molar-refractivity contribution in [1.29, 1.82) is 0 Å². The summed E-state index contributed by atoms with van der Waals surface area (Å²) < 4.78 is 0. The second-order valence-corrected chi connectivity index (χ2v) is 5.09. The van der Waals surface area contributed by atoms with Gasteiger partial charge in [0.2, 0.25) is 0 Å². The summed E-state index contributed by atoms with van der Waals surface area (Å²) in [6.45, 7) is 2.30. The molecule has 0 unspecified atom stereocenters. The number of anilines is 1. The summed E-state index contributed by atoms with van der Waals surface area (Å²) in [4.78, 5) is 2.44. The highest BCUT2D eigenvalue weighted by atomic mass is 16.2. The average Bonchev–Trinajstić information content (AvgIpc) is 2.83. The van der Waals surface area contributed by atoms with E-state index < -0.39 is 0 Å². The molecular formula is C17H19NO. The molecule has 0 saturated heterocycles. The molecule has 0 spiro atoms. The maximum absolute atomic E-state index is 9.00. The van der Waals surface area contributed by atoms with Crippen LogP contribution in [0.25, 0.3) is 0 Å². The Balaban J connectivity index is 1.79. The fourth-order valence-electron chi connectivity index (χ4n) is 2.78. The smallest absolute Gasteiger partial charge is 0.0471 e. The maximum Gasteiger partial charge on any atom is 0.0471 e. The number of rotatable bonds is 4. The van der Waals surface area contributed by atoms with E-state index in [1.165, 1.54) is 22.4 Å². The van der Waals surface area contributed by atoms with Crippen molar-refractivity contribution < 1.29 is 5.11 Å². The van der Waals surface area contributed by atoms with Crippen LogP contribution < -0.4 is 4.90 Å². The van der Waals surface area contributed by atoms with E-state index >= 15 is 0 Å². The summed E-state index contributed by atoms with van der Waals surface area (Å²) in [6, 6.07) is 17.2. The number of hydrogen-bond donors (Lipinski definition) is 1. The Labute approximate surface area is 114 Å². The van der Waals surface area contributed by atoms with Crippen LogP contribution in [0.3, 0.4) is 0 Å². The van der Waals surface area contributed by atoms with E-state index in [0.29, 0.717) is 0 Å². The normalized spacial score (nSPS) is 13.6. The third kappa shape index (κ3) is 2.64. The van der Waals surface area contributed by atoms with Crippen LogP contribution in [0.15, 0.2) is 48.5 Å². The van der Waals surface area contributed by atoms with Gasteiger partial charge in [-0.15, -0.1) is 0 Å². The molecule has 0 saturated carbocycles. The van der Waals surface area contributed by atoms with Gasteiger partial charge >= 0.3 is 0 Å². The highest BCUT2D eigenvalue weighted by Gasteiger charge is 2.19. The van der Waals surface area contributed by atoms with Crippen molar-refractivity contribution in [2.75, 3.05) is 18.1 Å². The zero-order valence-electron chi connectivity index (χ0n) is 11.0. The van der Waals surface area contributed by atoms with Gasteiger partial charge in [-0.3, -0.25) is 0 Å². The number of aliphatic hydroxyl groups is 1.